The van der Waals surface area contributed by atoms with E-state index in [1.54, 1.807) is 5.57 Å². The molecule has 0 saturated heterocycles. The zero-order chi connectivity index (χ0) is 35.1. The standard InChI is InChI=1S/C47H78O2/c1-7-8-9-10-11-12-13-14-15-16-17-18-19-20-21-22-23-27-45(48)49-40-32-34-46(5)39(36-40)28-29-41-43-31-30-42(38(4)26-24-25-37(2)3)47(43,6)35-33-44(41)46/h11-12,14-15,17-18,28,37-38,40-44H,7-10,13,16,19-27,29-36H2,1-6H3. The average Bonchev–Trinajstić information content (AvgIpc) is 3.43. The molecule has 2 nitrogen and oxygen atoms in total. The fourth-order valence-electron chi connectivity index (χ4n) is 11.2. The maximum absolute atomic E-state index is 12.8. The molecule has 4 aliphatic carbocycles. The molecule has 4 rings (SSSR count). The first-order chi connectivity index (χ1) is 23.7. The Labute approximate surface area is 304 Å². The van der Waals surface area contributed by atoms with Gasteiger partial charge in [0.15, 0.2) is 0 Å². The van der Waals surface area contributed by atoms with Gasteiger partial charge in [-0.1, -0.05) is 135 Å². The normalized spacial score (nSPS) is 32.1. The molecule has 0 aromatic carbocycles. The number of hydrogen-bond acceptors (Lipinski definition) is 2. The van der Waals surface area contributed by atoms with E-state index in [2.05, 4.69) is 84.1 Å². The largest absolute Gasteiger partial charge is 0.462 e. The van der Waals surface area contributed by atoms with E-state index in [0.29, 0.717) is 17.3 Å². The van der Waals surface area contributed by atoms with Gasteiger partial charge in [-0.25, -0.2) is 0 Å². The van der Waals surface area contributed by atoms with E-state index in [1.807, 2.05) is 0 Å². The van der Waals surface area contributed by atoms with Gasteiger partial charge in [-0.15, -0.1) is 0 Å². The molecule has 0 aliphatic heterocycles. The fraction of sp³-hybridized carbons (Fsp3) is 0.809. The molecule has 3 fully saturated rings. The van der Waals surface area contributed by atoms with Crippen molar-refractivity contribution < 1.29 is 9.53 Å². The Kier molecular flexibility index (Phi) is 16.8. The van der Waals surface area contributed by atoms with Crippen LogP contribution in [0.5, 0.6) is 0 Å². The van der Waals surface area contributed by atoms with Crippen molar-refractivity contribution in [2.45, 2.75) is 195 Å². The van der Waals surface area contributed by atoms with Crippen LogP contribution in [-0.2, 0) is 9.53 Å². The van der Waals surface area contributed by atoms with Crippen LogP contribution < -0.4 is 0 Å². The molecule has 0 spiro atoms. The van der Waals surface area contributed by atoms with Crippen molar-refractivity contribution in [1.29, 1.82) is 0 Å². The molecule has 0 heterocycles. The van der Waals surface area contributed by atoms with Crippen molar-refractivity contribution >= 4 is 5.97 Å². The van der Waals surface area contributed by atoms with Gasteiger partial charge in [0.1, 0.15) is 6.10 Å². The third kappa shape index (κ3) is 11.5. The minimum atomic E-state index is 0.0401. The number of allylic oxidation sites excluding steroid dienone is 7. The Morgan fingerprint density at radius 2 is 1.49 bits per heavy atom. The molecule has 278 valence electrons. The van der Waals surface area contributed by atoms with Crippen molar-refractivity contribution in [3.05, 3.63) is 48.1 Å². The van der Waals surface area contributed by atoms with Crippen molar-refractivity contribution in [2.24, 2.45) is 46.3 Å². The van der Waals surface area contributed by atoms with Crippen molar-refractivity contribution in [3.8, 4) is 0 Å². The molecular weight excluding hydrogens is 597 g/mol. The second kappa shape index (κ2) is 20.5. The third-order valence-electron chi connectivity index (χ3n) is 14.1. The topological polar surface area (TPSA) is 26.3 Å². The van der Waals surface area contributed by atoms with Gasteiger partial charge in [0.2, 0.25) is 0 Å². The van der Waals surface area contributed by atoms with Crippen LogP contribution in [0.2, 0.25) is 0 Å². The second-order valence-electron chi connectivity index (χ2n) is 18.0. The summed E-state index contributed by atoms with van der Waals surface area (Å²) >= 11 is 0. The Bertz CT molecular complexity index is 1090. The van der Waals surface area contributed by atoms with Crippen LogP contribution in [0.1, 0.15) is 189 Å². The second-order valence-corrected chi connectivity index (χ2v) is 18.0. The lowest BCUT2D eigenvalue weighted by molar-refractivity contribution is -0.151. The number of unbranched alkanes of at least 4 members (excludes halogenated alkanes) is 7. The zero-order valence-electron chi connectivity index (χ0n) is 33.2. The highest BCUT2D eigenvalue weighted by molar-refractivity contribution is 5.69. The first kappa shape index (κ1) is 40.2. The summed E-state index contributed by atoms with van der Waals surface area (Å²) in [6.45, 7) is 14.9. The van der Waals surface area contributed by atoms with Crippen LogP contribution in [-0.4, -0.2) is 12.1 Å². The molecule has 3 saturated carbocycles. The summed E-state index contributed by atoms with van der Waals surface area (Å²) in [5.74, 6) is 5.27. The monoisotopic (exact) mass is 675 g/mol. The summed E-state index contributed by atoms with van der Waals surface area (Å²) in [7, 11) is 0. The smallest absolute Gasteiger partial charge is 0.306 e. The first-order valence-corrected chi connectivity index (χ1v) is 21.5. The summed E-state index contributed by atoms with van der Waals surface area (Å²) in [6, 6.07) is 0. The van der Waals surface area contributed by atoms with Crippen molar-refractivity contribution in [3.63, 3.8) is 0 Å². The van der Waals surface area contributed by atoms with Gasteiger partial charge in [-0.3, -0.25) is 4.79 Å². The quantitative estimate of drug-likeness (QED) is 0.0688. The van der Waals surface area contributed by atoms with E-state index in [9.17, 15) is 4.79 Å². The molecule has 49 heavy (non-hydrogen) atoms. The van der Waals surface area contributed by atoms with Crippen molar-refractivity contribution in [2.75, 3.05) is 0 Å². The third-order valence-corrected chi connectivity index (χ3v) is 14.1. The van der Waals surface area contributed by atoms with Gasteiger partial charge in [0, 0.05) is 12.8 Å². The van der Waals surface area contributed by atoms with Crippen LogP contribution in [0, 0.1) is 46.3 Å². The van der Waals surface area contributed by atoms with Gasteiger partial charge >= 0.3 is 5.97 Å². The number of fused-ring (bicyclic) bond motifs is 5. The summed E-state index contributed by atoms with van der Waals surface area (Å²) in [5.41, 5.74) is 2.51. The Balaban J connectivity index is 1.11. The van der Waals surface area contributed by atoms with Crippen LogP contribution in [0.25, 0.3) is 0 Å². The average molecular weight is 675 g/mol. The predicted octanol–water partition coefficient (Wildman–Crippen LogP) is 14.3. The maximum atomic E-state index is 12.8. The highest BCUT2D eigenvalue weighted by Gasteiger charge is 2.59. The summed E-state index contributed by atoms with van der Waals surface area (Å²) in [5, 5.41) is 0. The first-order valence-electron chi connectivity index (χ1n) is 21.5. The molecule has 0 bridgehead atoms. The zero-order valence-corrected chi connectivity index (χ0v) is 33.2. The Morgan fingerprint density at radius 1 is 0.796 bits per heavy atom. The summed E-state index contributed by atoms with van der Waals surface area (Å²) in [6.07, 6.45) is 44.6. The van der Waals surface area contributed by atoms with Crippen LogP contribution in [0.4, 0.5) is 0 Å². The molecule has 8 unspecified atom stereocenters. The van der Waals surface area contributed by atoms with Crippen LogP contribution >= 0.6 is 0 Å². The Hall–Kier alpha value is -1.57. The molecule has 8 atom stereocenters. The molecule has 0 amide bonds. The SMILES string of the molecule is CCCCCC=CCC=CCC=CCCCCCCC(=O)OC1CCC2(C)C(=CCC3C2CCC2(C)C(C(C)CCCC(C)C)CCC32)C1. The van der Waals surface area contributed by atoms with Gasteiger partial charge in [0.25, 0.3) is 0 Å². The fourth-order valence-corrected chi connectivity index (χ4v) is 11.2. The minimum Gasteiger partial charge on any atom is -0.462 e. The van der Waals surface area contributed by atoms with Gasteiger partial charge in [-0.2, -0.15) is 0 Å². The lowest BCUT2D eigenvalue weighted by Gasteiger charge is -2.58. The minimum absolute atomic E-state index is 0.0401. The maximum Gasteiger partial charge on any atom is 0.306 e. The molecule has 4 aliphatic rings. The lowest BCUT2D eigenvalue weighted by atomic mass is 9.47. The highest BCUT2D eigenvalue weighted by atomic mass is 16.5. The lowest BCUT2D eigenvalue weighted by Crippen LogP contribution is -2.51. The number of carbonyl (C=O) groups excluding carboxylic acids is 1. The van der Waals surface area contributed by atoms with E-state index in [1.165, 1.54) is 96.3 Å². The van der Waals surface area contributed by atoms with Crippen LogP contribution in [0.3, 0.4) is 0 Å². The molecule has 0 N–H and O–H groups in total. The Morgan fingerprint density at radius 3 is 2.20 bits per heavy atom. The number of carbonyl (C=O) groups is 1. The number of ether oxygens (including phenoxy) is 1. The van der Waals surface area contributed by atoms with E-state index in [0.717, 1.165) is 80.5 Å². The van der Waals surface area contributed by atoms with Gasteiger partial charge in [0.05, 0.1) is 0 Å². The van der Waals surface area contributed by atoms with E-state index in [4.69, 9.17) is 4.74 Å². The van der Waals surface area contributed by atoms with Crippen molar-refractivity contribution in [1.82, 2.24) is 0 Å². The molecule has 2 heteroatoms. The summed E-state index contributed by atoms with van der Waals surface area (Å²) < 4.78 is 6.12. The predicted molar refractivity (Wildman–Crippen MR) is 211 cm³/mol. The number of hydrogen-bond donors (Lipinski definition) is 0. The van der Waals surface area contributed by atoms with Gasteiger partial charge in [-0.05, 0) is 136 Å². The summed E-state index contributed by atoms with van der Waals surface area (Å²) in [4.78, 5) is 12.8. The number of rotatable bonds is 21. The molecule has 0 aromatic rings. The molecule has 0 radical (unpaired) electrons. The van der Waals surface area contributed by atoms with E-state index >= 15 is 0 Å². The van der Waals surface area contributed by atoms with Crippen LogP contribution in [0.15, 0.2) is 48.1 Å². The highest BCUT2D eigenvalue weighted by Crippen LogP contribution is 2.67. The van der Waals surface area contributed by atoms with Gasteiger partial charge < -0.3 is 4.74 Å². The number of esters is 1. The van der Waals surface area contributed by atoms with E-state index in [-0.39, 0.29) is 12.1 Å². The van der Waals surface area contributed by atoms with E-state index < -0.39 is 0 Å². The molecular formula is C47H78O2. The molecule has 0 aromatic heterocycles.